The third-order valence-corrected chi connectivity index (χ3v) is 4.19. The summed E-state index contributed by atoms with van der Waals surface area (Å²) >= 11 is 3.42. The Balaban J connectivity index is 2.21. The number of hydrogen-bond acceptors (Lipinski definition) is 4. The Morgan fingerprint density at radius 1 is 1.25 bits per heavy atom. The second-order valence-electron chi connectivity index (χ2n) is 5.88. The van der Waals surface area contributed by atoms with E-state index < -0.39 is 0 Å². The summed E-state index contributed by atoms with van der Waals surface area (Å²) < 4.78 is 0.982. The number of halogens is 1. The van der Waals surface area contributed by atoms with Crippen LogP contribution in [0.25, 0.3) is 0 Å². The molecular formula is C18H23BrN4O. The number of nitrogens with one attached hydrogen (secondary N) is 1. The summed E-state index contributed by atoms with van der Waals surface area (Å²) in [6, 6.07) is 7.45. The highest BCUT2D eigenvalue weighted by molar-refractivity contribution is 9.10. The average molecular weight is 391 g/mol. The Morgan fingerprint density at radius 3 is 2.67 bits per heavy atom. The lowest BCUT2D eigenvalue weighted by molar-refractivity contribution is 0.102. The molecule has 6 heteroatoms. The molecule has 0 atom stereocenters. The smallest absolute Gasteiger partial charge is 0.274 e. The molecule has 0 radical (unpaired) electrons. The maximum absolute atomic E-state index is 12.6. The zero-order chi connectivity index (χ0) is 17.7. The van der Waals surface area contributed by atoms with Crippen molar-refractivity contribution in [2.24, 2.45) is 0 Å². The lowest BCUT2D eigenvalue weighted by Crippen LogP contribution is -2.23. The summed E-state index contributed by atoms with van der Waals surface area (Å²) in [6.45, 7) is 6.84. The second-order valence-corrected chi connectivity index (χ2v) is 6.80. The highest BCUT2D eigenvalue weighted by Gasteiger charge is 2.14. The molecule has 0 spiro atoms. The van der Waals surface area contributed by atoms with Crippen LogP contribution >= 0.6 is 15.9 Å². The molecule has 0 saturated carbocycles. The number of aryl methyl sites for hydroxylation is 2. The van der Waals surface area contributed by atoms with Crippen molar-refractivity contribution in [2.75, 3.05) is 23.8 Å². The van der Waals surface area contributed by atoms with E-state index in [1.54, 1.807) is 6.07 Å². The normalized spacial score (nSPS) is 10.5. The maximum atomic E-state index is 12.6. The van der Waals surface area contributed by atoms with Crippen LogP contribution in [0, 0.1) is 13.8 Å². The van der Waals surface area contributed by atoms with Gasteiger partial charge >= 0.3 is 0 Å². The van der Waals surface area contributed by atoms with Gasteiger partial charge in [0.2, 0.25) is 5.95 Å². The molecule has 2 rings (SSSR count). The van der Waals surface area contributed by atoms with Crippen molar-refractivity contribution in [1.29, 1.82) is 0 Å². The van der Waals surface area contributed by atoms with E-state index >= 15 is 0 Å². The monoisotopic (exact) mass is 390 g/mol. The molecule has 0 bridgehead atoms. The van der Waals surface area contributed by atoms with Crippen LogP contribution in [-0.4, -0.2) is 29.5 Å². The highest BCUT2D eigenvalue weighted by atomic mass is 79.9. The molecular weight excluding hydrogens is 368 g/mol. The molecule has 128 valence electrons. The first-order valence-corrected chi connectivity index (χ1v) is 8.84. The largest absolute Gasteiger partial charge is 0.344 e. The summed E-state index contributed by atoms with van der Waals surface area (Å²) in [5, 5.41) is 2.92. The van der Waals surface area contributed by atoms with Crippen molar-refractivity contribution in [3.8, 4) is 0 Å². The van der Waals surface area contributed by atoms with E-state index in [1.807, 2.05) is 44.0 Å². The van der Waals surface area contributed by atoms with Gasteiger partial charge in [-0.25, -0.2) is 9.97 Å². The average Bonchev–Trinajstić information content (AvgIpc) is 2.54. The Kier molecular flexibility index (Phi) is 6.31. The molecule has 1 aromatic heterocycles. The molecule has 0 fully saturated rings. The third kappa shape index (κ3) is 4.77. The van der Waals surface area contributed by atoms with E-state index in [0.29, 0.717) is 11.6 Å². The molecule has 0 aliphatic rings. The van der Waals surface area contributed by atoms with E-state index in [4.69, 9.17) is 0 Å². The number of nitrogens with zero attached hydrogens (tertiary/aromatic N) is 3. The number of carbonyl (C=O) groups is 1. The van der Waals surface area contributed by atoms with Crippen LogP contribution in [0.1, 0.15) is 41.5 Å². The fraction of sp³-hybridized carbons (Fsp3) is 0.389. The molecule has 5 nitrogen and oxygen atoms in total. The van der Waals surface area contributed by atoms with Crippen molar-refractivity contribution in [2.45, 2.75) is 33.6 Å². The van der Waals surface area contributed by atoms with Gasteiger partial charge in [0, 0.05) is 29.4 Å². The van der Waals surface area contributed by atoms with Crippen molar-refractivity contribution < 1.29 is 4.79 Å². The number of hydrogen-bond donors (Lipinski definition) is 1. The maximum Gasteiger partial charge on any atom is 0.274 e. The van der Waals surface area contributed by atoms with Gasteiger partial charge in [-0.3, -0.25) is 4.79 Å². The topological polar surface area (TPSA) is 58.1 Å². The molecule has 0 unspecified atom stereocenters. The Bertz CT molecular complexity index is 733. The number of benzene rings is 1. The van der Waals surface area contributed by atoms with Gasteiger partial charge in [0.25, 0.3) is 5.91 Å². The fourth-order valence-electron chi connectivity index (χ4n) is 2.29. The highest BCUT2D eigenvalue weighted by Crippen LogP contribution is 2.21. The van der Waals surface area contributed by atoms with Gasteiger partial charge in [0.05, 0.1) is 0 Å². The van der Waals surface area contributed by atoms with Crippen LogP contribution in [-0.2, 0) is 0 Å². The zero-order valence-corrected chi connectivity index (χ0v) is 16.1. The third-order valence-electron chi connectivity index (χ3n) is 3.70. The van der Waals surface area contributed by atoms with Gasteiger partial charge in [0.1, 0.15) is 5.69 Å². The summed E-state index contributed by atoms with van der Waals surface area (Å²) in [5.41, 5.74) is 2.92. The zero-order valence-electron chi connectivity index (χ0n) is 14.6. The molecule has 0 aliphatic carbocycles. The Labute approximate surface area is 151 Å². The van der Waals surface area contributed by atoms with E-state index in [-0.39, 0.29) is 5.91 Å². The number of carbonyl (C=O) groups excluding carboxylic acids is 1. The molecule has 24 heavy (non-hydrogen) atoms. The number of amides is 1. The number of aromatic nitrogens is 2. The van der Waals surface area contributed by atoms with Crippen LogP contribution in [0.2, 0.25) is 0 Å². The summed E-state index contributed by atoms with van der Waals surface area (Å²) in [7, 11) is 1.95. The standard InChI is InChI=1S/C18H23BrN4O/c1-5-6-9-23(4)18-20-13(3)11-16(22-18)17(24)21-15-8-7-14(19)10-12(15)2/h7-8,10-11H,5-6,9H2,1-4H3,(H,21,24). The van der Waals surface area contributed by atoms with E-state index in [2.05, 4.69) is 38.1 Å². The van der Waals surface area contributed by atoms with Crippen LogP contribution in [0.5, 0.6) is 0 Å². The first-order chi connectivity index (χ1) is 11.4. The first kappa shape index (κ1) is 18.4. The second kappa shape index (κ2) is 8.24. The first-order valence-electron chi connectivity index (χ1n) is 8.05. The van der Waals surface area contributed by atoms with Crippen molar-refractivity contribution in [1.82, 2.24) is 9.97 Å². The van der Waals surface area contributed by atoms with Crippen molar-refractivity contribution >= 4 is 33.5 Å². The lowest BCUT2D eigenvalue weighted by Gasteiger charge is -2.17. The van der Waals surface area contributed by atoms with Crippen LogP contribution in [0.3, 0.4) is 0 Å². The Hall–Kier alpha value is -1.95. The number of rotatable bonds is 6. The summed E-state index contributed by atoms with van der Waals surface area (Å²) in [5.74, 6) is 0.359. The van der Waals surface area contributed by atoms with E-state index in [9.17, 15) is 4.79 Å². The minimum absolute atomic E-state index is 0.226. The lowest BCUT2D eigenvalue weighted by atomic mass is 10.2. The van der Waals surface area contributed by atoms with E-state index in [1.165, 1.54) is 0 Å². The summed E-state index contributed by atoms with van der Waals surface area (Å²) in [6.07, 6.45) is 2.17. The van der Waals surface area contributed by atoms with Gasteiger partial charge in [-0.1, -0.05) is 29.3 Å². The number of unbranched alkanes of at least 4 members (excludes halogenated alkanes) is 1. The number of anilines is 2. The Morgan fingerprint density at radius 2 is 2.00 bits per heavy atom. The minimum atomic E-state index is -0.226. The van der Waals surface area contributed by atoms with Crippen molar-refractivity contribution in [3.63, 3.8) is 0 Å². The van der Waals surface area contributed by atoms with E-state index in [0.717, 1.165) is 40.8 Å². The SMILES string of the molecule is CCCCN(C)c1nc(C)cc(C(=O)Nc2ccc(Br)cc2C)n1. The molecule has 1 amide bonds. The molecule has 1 N–H and O–H groups in total. The van der Waals surface area contributed by atoms with Gasteiger partial charge in [0.15, 0.2) is 0 Å². The van der Waals surface area contributed by atoms with Crippen molar-refractivity contribution in [3.05, 3.63) is 45.7 Å². The predicted molar refractivity (Wildman–Crippen MR) is 102 cm³/mol. The quantitative estimate of drug-likeness (QED) is 0.796. The minimum Gasteiger partial charge on any atom is -0.344 e. The molecule has 2 aromatic rings. The van der Waals surface area contributed by atoms with Crippen LogP contribution in [0.4, 0.5) is 11.6 Å². The van der Waals surface area contributed by atoms with Gasteiger partial charge in [-0.05, 0) is 50.1 Å². The fourth-order valence-corrected chi connectivity index (χ4v) is 2.76. The van der Waals surface area contributed by atoms with Gasteiger partial charge in [-0.15, -0.1) is 0 Å². The predicted octanol–water partition coefficient (Wildman–Crippen LogP) is 4.34. The molecule has 0 saturated heterocycles. The molecule has 0 aliphatic heterocycles. The molecule has 1 heterocycles. The van der Waals surface area contributed by atoms with Crippen LogP contribution in [0.15, 0.2) is 28.7 Å². The van der Waals surface area contributed by atoms with Gasteiger partial charge in [-0.2, -0.15) is 0 Å². The van der Waals surface area contributed by atoms with Crippen LogP contribution < -0.4 is 10.2 Å². The van der Waals surface area contributed by atoms with Gasteiger partial charge < -0.3 is 10.2 Å². The summed E-state index contributed by atoms with van der Waals surface area (Å²) in [4.78, 5) is 23.4. The molecule has 1 aromatic carbocycles.